The summed E-state index contributed by atoms with van der Waals surface area (Å²) in [6.45, 7) is 9.34. The first-order chi connectivity index (χ1) is 5.71. The Hall–Kier alpha value is -0.0900. The van der Waals surface area contributed by atoms with Gasteiger partial charge in [-0.25, -0.2) is 12.7 Å². The molecule has 1 rings (SSSR count). The molecule has 1 aliphatic rings. The van der Waals surface area contributed by atoms with Crippen LogP contribution in [0.4, 0.5) is 0 Å². The largest absolute Gasteiger partial charge is 0.214 e. The molecular formula is C9H19NO2S. The molecule has 0 aromatic heterocycles. The van der Waals surface area contributed by atoms with Crippen LogP contribution < -0.4 is 0 Å². The van der Waals surface area contributed by atoms with Gasteiger partial charge < -0.3 is 0 Å². The number of rotatable bonds is 2. The third kappa shape index (κ3) is 2.95. The summed E-state index contributed by atoms with van der Waals surface area (Å²) in [6.07, 6.45) is 0. The molecule has 1 heterocycles. The Morgan fingerprint density at radius 1 is 1.31 bits per heavy atom. The van der Waals surface area contributed by atoms with Gasteiger partial charge in [-0.05, 0) is 11.3 Å². The Balaban J connectivity index is 2.58. The van der Waals surface area contributed by atoms with Gasteiger partial charge in [-0.2, -0.15) is 0 Å². The fraction of sp³-hybridized carbons (Fsp3) is 1.00. The van der Waals surface area contributed by atoms with Gasteiger partial charge >= 0.3 is 0 Å². The van der Waals surface area contributed by atoms with Crippen LogP contribution >= 0.6 is 0 Å². The lowest BCUT2D eigenvalue weighted by atomic mass is 10.0. The van der Waals surface area contributed by atoms with Crippen molar-refractivity contribution in [1.82, 2.24) is 4.31 Å². The fourth-order valence-corrected chi connectivity index (χ4v) is 3.75. The average Bonchev–Trinajstić information content (AvgIpc) is 1.74. The van der Waals surface area contributed by atoms with E-state index in [9.17, 15) is 8.42 Å². The van der Waals surface area contributed by atoms with Crippen molar-refractivity contribution in [2.24, 2.45) is 11.3 Å². The van der Waals surface area contributed by atoms with E-state index in [2.05, 4.69) is 6.92 Å². The maximum Gasteiger partial charge on any atom is 0.214 e. The van der Waals surface area contributed by atoms with E-state index in [-0.39, 0.29) is 11.2 Å². The Bertz CT molecular complexity index is 270. The molecule has 3 nitrogen and oxygen atoms in total. The summed E-state index contributed by atoms with van der Waals surface area (Å²) in [7, 11) is -2.98. The highest BCUT2D eigenvalue weighted by molar-refractivity contribution is 7.89. The molecule has 1 aliphatic heterocycles. The summed E-state index contributed by atoms with van der Waals surface area (Å²) in [5.74, 6) is 0.793. The summed E-state index contributed by atoms with van der Waals surface area (Å²) >= 11 is 0. The molecule has 0 amide bonds. The SMILES string of the molecule is CC1CN(S(=O)(=O)CC(C)(C)C)C1. The Morgan fingerprint density at radius 2 is 1.77 bits per heavy atom. The Morgan fingerprint density at radius 3 is 2.08 bits per heavy atom. The van der Waals surface area contributed by atoms with Crippen LogP contribution in [-0.2, 0) is 10.0 Å². The zero-order chi connectivity index (χ0) is 10.3. The highest BCUT2D eigenvalue weighted by Gasteiger charge is 2.35. The van der Waals surface area contributed by atoms with Gasteiger partial charge in [0.15, 0.2) is 0 Å². The quantitative estimate of drug-likeness (QED) is 0.681. The Labute approximate surface area is 81.2 Å². The van der Waals surface area contributed by atoms with Crippen LogP contribution in [0.15, 0.2) is 0 Å². The van der Waals surface area contributed by atoms with Crippen LogP contribution in [0.5, 0.6) is 0 Å². The summed E-state index contributed by atoms with van der Waals surface area (Å²) in [5, 5.41) is 0. The Kier molecular flexibility index (Phi) is 2.74. The molecule has 1 saturated heterocycles. The van der Waals surface area contributed by atoms with E-state index < -0.39 is 10.0 Å². The van der Waals surface area contributed by atoms with E-state index in [4.69, 9.17) is 0 Å². The fourth-order valence-electron chi connectivity index (χ4n) is 1.51. The van der Waals surface area contributed by atoms with Crippen LogP contribution in [0.1, 0.15) is 27.7 Å². The predicted molar refractivity (Wildman–Crippen MR) is 54.0 cm³/mol. The van der Waals surface area contributed by atoms with E-state index in [1.54, 1.807) is 4.31 Å². The number of hydrogen-bond donors (Lipinski definition) is 0. The van der Waals surface area contributed by atoms with Crippen molar-refractivity contribution in [2.75, 3.05) is 18.8 Å². The second kappa shape index (κ2) is 3.24. The maximum atomic E-state index is 11.7. The van der Waals surface area contributed by atoms with Gasteiger partial charge in [-0.1, -0.05) is 27.7 Å². The topological polar surface area (TPSA) is 37.4 Å². The second-order valence-corrected chi connectivity index (χ2v) is 7.21. The van der Waals surface area contributed by atoms with E-state index in [0.717, 1.165) is 0 Å². The molecular weight excluding hydrogens is 186 g/mol. The third-order valence-corrected chi connectivity index (χ3v) is 4.36. The van der Waals surface area contributed by atoms with Crippen LogP contribution in [0.25, 0.3) is 0 Å². The number of sulfonamides is 1. The zero-order valence-electron chi connectivity index (χ0n) is 8.87. The van der Waals surface area contributed by atoms with Gasteiger partial charge in [0, 0.05) is 13.1 Å². The summed E-state index contributed by atoms with van der Waals surface area (Å²) < 4.78 is 25.0. The highest BCUT2D eigenvalue weighted by atomic mass is 32.2. The molecule has 0 atom stereocenters. The molecule has 0 aliphatic carbocycles. The van der Waals surface area contributed by atoms with Crippen molar-refractivity contribution in [1.29, 1.82) is 0 Å². The smallest absolute Gasteiger partial charge is 0.212 e. The second-order valence-electron chi connectivity index (χ2n) is 5.24. The van der Waals surface area contributed by atoms with Crippen molar-refractivity contribution in [3.05, 3.63) is 0 Å². The lowest BCUT2D eigenvalue weighted by Crippen LogP contribution is -2.50. The molecule has 4 heteroatoms. The summed E-state index contributed by atoms with van der Waals surface area (Å²) in [6, 6.07) is 0. The first-order valence-corrected chi connectivity index (χ1v) is 6.29. The van der Waals surface area contributed by atoms with Crippen LogP contribution in [0.2, 0.25) is 0 Å². The minimum atomic E-state index is -2.98. The molecule has 0 radical (unpaired) electrons. The van der Waals surface area contributed by atoms with Crippen molar-refractivity contribution < 1.29 is 8.42 Å². The van der Waals surface area contributed by atoms with E-state index in [0.29, 0.717) is 19.0 Å². The monoisotopic (exact) mass is 205 g/mol. The maximum absolute atomic E-state index is 11.7. The van der Waals surface area contributed by atoms with E-state index in [1.807, 2.05) is 20.8 Å². The standard InChI is InChI=1S/C9H19NO2S/c1-8-5-10(6-8)13(11,12)7-9(2,3)4/h8H,5-7H2,1-4H3. The number of nitrogens with zero attached hydrogens (tertiary/aromatic N) is 1. The van der Waals surface area contributed by atoms with Crippen molar-refractivity contribution in [3.8, 4) is 0 Å². The van der Waals surface area contributed by atoms with Crippen molar-refractivity contribution in [2.45, 2.75) is 27.7 Å². The van der Waals surface area contributed by atoms with Crippen molar-refractivity contribution in [3.63, 3.8) is 0 Å². The van der Waals surface area contributed by atoms with Crippen LogP contribution in [0.3, 0.4) is 0 Å². The molecule has 1 fully saturated rings. The molecule has 78 valence electrons. The minimum Gasteiger partial charge on any atom is -0.212 e. The first-order valence-electron chi connectivity index (χ1n) is 4.68. The number of hydrogen-bond acceptors (Lipinski definition) is 2. The third-order valence-electron chi connectivity index (χ3n) is 2.04. The van der Waals surface area contributed by atoms with Crippen LogP contribution in [0, 0.1) is 11.3 Å². The predicted octanol–water partition coefficient (Wildman–Crippen LogP) is 1.31. The van der Waals surface area contributed by atoms with Gasteiger partial charge in [-0.15, -0.1) is 0 Å². The van der Waals surface area contributed by atoms with Gasteiger partial charge in [0.05, 0.1) is 5.75 Å². The van der Waals surface area contributed by atoms with Gasteiger partial charge in [-0.3, -0.25) is 0 Å². The van der Waals surface area contributed by atoms with E-state index in [1.165, 1.54) is 0 Å². The zero-order valence-corrected chi connectivity index (χ0v) is 9.69. The van der Waals surface area contributed by atoms with Crippen molar-refractivity contribution >= 4 is 10.0 Å². The average molecular weight is 205 g/mol. The molecule has 0 aromatic carbocycles. The molecule has 0 N–H and O–H groups in total. The molecule has 0 spiro atoms. The summed E-state index contributed by atoms with van der Waals surface area (Å²) in [4.78, 5) is 0. The molecule has 0 bridgehead atoms. The summed E-state index contributed by atoms with van der Waals surface area (Å²) in [5.41, 5.74) is -0.141. The molecule has 0 unspecified atom stereocenters. The molecule has 0 saturated carbocycles. The van der Waals surface area contributed by atoms with Gasteiger partial charge in [0.25, 0.3) is 0 Å². The molecule has 13 heavy (non-hydrogen) atoms. The first kappa shape index (κ1) is 11.0. The lowest BCUT2D eigenvalue weighted by Gasteiger charge is -2.37. The van der Waals surface area contributed by atoms with Crippen LogP contribution in [-0.4, -0.2) is 31.6 Å². The minimum absolute atomic E-state index is 0.141. The highest BCUT2D eigenvalue weighted by Crippen LogP contribution is 2.24. The van der Waals surface area contributed by atoms with E-state index >= 15 is 0 Å². The van der Waals surface area contributed by atoms with Gasteiger partial charge in [0.2, 0.25) is 10.0 Å². The van der Waals surface area contributed by atoms with Gasteiger partial charge in [0.1, 0.15) is 0 Å². The molecule has 0 aromatic rings. The lowest BCUT2D eigenvalue weighted by molar-refractivity contribution is 0.215. The normalized spacial score (nSPS) is 21.5.